The zero-order chi connectivity index (χ0) is 15.4. The predicted molar refractivity (Wildman–Crippen MR) is 89.5 cm³/mol. The van der Waals surface area contributed by atoms with Crippen molar-refractivity contribution in [3.8, 4) is 5.75 Å². The van der Waals surface area contributed by atoms with E-state index in [1.807, 2.05) is 66.7 Å². The van der Waals surface area contributed by atoms with Crippen LogP contribution in [0, 0.1) is 0 Å². The van der Waals surface area contributed by atoms with Crippen LogP contribution in [0.2, 0.25) is 0 Å². The Morgan fingerprint density at radius 2 is 1.68 bits per heavy atom. The van der Waals surface area contributed by atoms with Gasteiger partial charge in [-0.15, -0.1) is 0 Å². The van der Waals surface area contributed by atoms with Gasteiger partial charge in [-0.3, -0.25) is 0 Å². The first-order valence-corrected chi connectivity index (χ1v) is 7.07. The van der Waals surface area contributed by atoms with Crippen molar-refractivity contribution < 1.29 is 9.84 Å². The molecule has 3 heteroatoms. The Morgan fingerprint density at radius 1 is 0.955 bits per heavy atom. The maximum atomic E-state index is 8.98. The van der Waals surface area contributed by atoms with E-state index in [0.717, 1.165) is 33.9 Å². The minimum Gasteiger partial charge on any atom is -0.513 e. The molecule has 0 aliphatic carbocycles. The van der Waals surface area contributed by atoms with Crippen molar-refractivity contribution in [1.82, 2.24) is 0 Å². The lowest BCUT2D eigenvalue weighted by atomic mass is 10.1. The summed E-state index contributed by atoms with van der Waals surface area (Å²) < 4.78 is 5.82. The van der Waals surface area contributed by atoms with Crippen LogP contribution in [0.4, 0.5) is 0 Å². The first-order valence-electron chi connectivity index (χ1n) is 7.07. The monoisotopic (exact) mass is 291 g/mol. The van der Waals surface area contributed by atoms with Crippen LogP contribution in [0.15, 0.2) is 73.0 Å². The smallest absolute Gasteiger partial charge is 0.120 e. The second kappa shape index (κ2) is 6.22. The molecule has 0 spiro atoms. The molecule has 3 aromatic carbocycles. The fourth-order valence-electron chi connectivity index (χ4n) is 2.31. The Bertz CT molecular complexity index is 810. The molecule has 0 amide bonds. The van der Waals surface area contributed by atoms with Gasteiger partial charge in [0.1, 0.15) is 18.6 Å². The molecule has 22 heavy (non-hydrogen) atoms. The zero-order valence-electron chi connectivity index (χ0n) is 12.1. The topological polar surface area (TPSA) is 55.5 Å². The molecule has 0 aliphatic heterocycles. The number of fused-ring (bicyclic) bond motifs is 1. The second-order valence-electron chi connectivity index (χ2n) is 5.08. The molecule has 0 saturated carbocycles. The van der Waals surface area contributed by atoms with Crippen molar-refractivity contribution in [2.45, 2.75) is 6.61 Å². The summed E-state index contributed by atoms with van der Waals surface area (Å²) in [5.41, 5.74) is 8.00. The lowest BCUT2D eigenvalue weighted by Crippen LogP contribution is -1.96. The van der Waals surface area contributed by atoms with Gasteiger partial charge >= 0.3 is 0 Å². The van der Waals surface area contributed by atoms with E-state index in [2.05, 4.69) is 0 Å². The second-order valence-corrected chi connectivity index (χ2v) is 5.08. The molecule has 0 fully saturated rings. The third-order valence-electron chi connectivity index (χ3n) is 3.53. The third kappa shape index (κ3) is 3.04. The van der Waals surface area contributed by atoms with E-state index in [1.165, 1.54) is 0 Å². The summed E-state index contributed by atoms with van der Waals surface area (Å²) in [5, 5.41) is 11.1. The highest BCUT2D eigenvalue weighted by Gasteiger charge is 2.02. The van der Waals surface area contributed by atoms with E-state index >= 15 is 0 Å². The molecule has 3 rings (SSSR count). The van der Waals surface area contributed by atoms with Crippen molar-refractivity contribution >= 4 is 16.5 Å². The number of ether oxygens (including phenoxy) is 1. The predicted octanol–water partition coefficient (Wildman–Crippen LogP) is 4.23. The van der Waals surface area contributed by atoms with Gasteiger partial charge in [0.25, 0.3) is 0 Å². The SMILES string of the molecule is N/C(=C\O)c1ccc2cc(OCc3ccccc3)ccc2c1. The molecule has 0 radical (unpaired) electrons. The average molecular weight is 291 g/mol. The Balaban J connectivity index is 1.81. The summed E-state index contributed by atoms with van der Waals surface area (Å²) in [4.78, 5) is 0. The Kier molecular flexibility index (Phi) is 3.97. The molecule has 0 aromatic heterocycles. The molecule has 0 saturated heterocycles. The number of nitrogens with two attached hydrogens (primary N) is 1. The molecule has 0 unspecified atom stereocenters. The zero-order valence-corrected chi connectivity index (χ0v) is 12.1. The van der Waals surface area contributed by atoms with Gasteiger partial charge < -0.3 is 15.6 Å². The van der Waals surface area contributed by atoms with Gasteiger partial charge in [-0.25, -0.2) is 0 Å². The summed E-state index contributed by atoms with van der Waals surface area (Å²) in [5.74, 6) is 0.828. The number of rotatable bonds is 4. The highest BCUT2D eigenvalue weighted by molar-refractivity contribution is 5.87. The number of aliphatic hydroxyl groups is 1. The van der Waals surface area contributed by atoms with Crippen molar-refractivity contribution in [3.63, 3.8) is 0 Å². The van der Waals surface area contributed by atoms with Crippen molar-refractivity contribution in [1.29, 1.82) is 0 Å². The Labute approximate surface area is 129 Å². The minimum atomic E-state index is 0.353. The lowest BCUT2D eigenvalue weighted by molar-refractivity contribution is 0.306. The molecular weight excluding hydrogens is 274 g/mol. The Hall–Kier alpha value is -2.94. The molecule has 0 heterocycles. The van der Waals surface area contributed by atoms with Crippen molar-refractivity contribution in [2.75, 3.05) is 0 Å². The maximum absolute atomic E-state index is 8.98. The first-order chi connectivity index (χ1) is 10.8. The molecule has 3 nitrogen and oxygen atoms in total. The minimum absolute atomic E-state index is 0.353. The van der Waals surface area contributed by atoms with Crippen LogP contribution in [-0.4, -0.2) is 5.11 Å². The summed E-state index contributed by atoms with van der Waals surface area (Å²) in [7, 11) is 0. The van der Waals surface area contributed by atoms with E-state index in [0.29, 0.717) is 12.3 Å². The molecule has 3 N–H and O–H groups in total. The van der Waals surface area contributed by atoms with Crippen LogP contribution in [-0.2, 0) is 6.61 Å². The third-order valence-corrected chi connectivity index (χ3v) is 3.53. The van der Waals surface area contributed by atoms with Gasteiger partial charge in [-0.1, -0.05) is 48.5 Å². The van der Waals surface area contributed by atoms with Crippen LogP contribution >= 0.6 is 0 Å². The maximum Gasteiger partial charge on any atom is 0.120 e. The van der Waals surface area contributed by atoms with Gasteiger partial charge in [0, 0.05) is 5.56 Å². The summed E-state index contributed by atoms with van der Waals surface area (Å²) in [6.07, 6.45) is 0.915. The lowest BCUT2D eigenvalue weighted by Gasteiger charge is -2.08. The van der Waals surface area contributed by atoms with Crippen molar-refractivity contribution in [2.24, 2.45) is 5.73 Å². The van der Waals surface area contributed by atoms with Gasteiger partial charge in [-0.05, 0) is 34.5 Å². The summed E-state index contributed by atoms with van der Waals surface area (Å²) >= 11 is 0. The van der Waals surface area contributed by atoms with Crippen LogP contribution in [0.5, 0.6) is 5.75 Å². The number of aliphatic hydroxyl groups excluding tert-OH is 1. The number of hydrogen-bond acceptors (Lipinski definition) is 3. The highest BCUT2D eigenvalue weighted by Crippen LogP contribution is 2.24. The average Bonchev–Trinajstić information content (AvgIpc) is 2.59. The van der Waals surface area contributed by atoms with E-state index in [-0.39, 0.29) is 0 Å². The number of hydrogen-bond donors (Lipinski definition) is 2. The van der Waals surface area contributed by atoms with E-state index in [9.17, 15) is 0 Å². The fraction of sp³-hybridized carbons (Fsp3) is 0.0526. The fourth-order valence-corrected chi connectivity index (χ4v) is 2.31. The van der Waals surface area contributed by atoms with Crippen LogP contribution < -0.4 is 10.5 Å². The molecule has 0 atom stereocenters. The van der Waals surface area contributed by atoms with E-state index < -0.39 is 0 Å². The quantitative estimate of drug-likeness (QED) is 0.707. The normalized spacial score (nSPS) is 11.5. The standard InChI is InChI=1S/C19H17NO2/c20-19(12-21)17-7-6-16-11-18(9-8-15(16)10-17)22-13-14-4-2-1-3-5-14/h1-12,21H,13,20H2/b19-12-. The largest absolute Gasteiger partial charge is 0.513 e. The summed E-state index contributed by atoms with van der Waals surface area (Å²) in [6.45, 7) is 0.546. The van der Waals surface area contributed by atoms with Gasteiger partial charge in [0.2, 0.25) is 0 Å². The summed E-state index contributed by atoms with van der Waals surface area (Å²) in [6, 6.07) is 21.8. The first kappa shape index (κ1) is 14.0. The van der Waals surface area contributed by atoms with Gasteiger partial charge in [-0.2, -0.15) is 0 Å². The highest BCUT2D eigenvalue weighted by atomic mass is 16.5. The van der Waals surface area contributed by atoms with Gasteiger partial charge in [0.15, 0.2) is 0 Å². The van der Waals surface area contributed by atoms with Crippen LogP contribution in [0.1, 0.15) is 11.1 Å². The van der Waals surface area contributed by atoms with Crippen LogP contribution in [0.3, 0.4) is 0 Å². The molecule has 0 aliphatic rings. The van der Waals surface area contributed by atoms with E-state index in [4.69, 9.17) is 15.6 Å². The number of benzene rings is 3. The van der Waals surface area contributed by atoms with Gasteiger partial charge in [0.05, 0.1) is 5.70 Å². The Morgan fingerprint density at radius 3 is 2.45 bits per heavy atom. The van der Waals surface area contributed by atoms with E-state index in [1.54, 1.807) is 0 Å². The molecule has 3 aromatic rings. The molecule has 0 bridgehead atoms. The van der Waals surface area contributed by atoms with Crippen LogP contribution in [0.25, 0.3) is 16.5 Å². The van der Waals surface area contributed by atoms with Crippen molar-refractivity contribution in [3.05, 3.63) is 84.1 Å². The molecule has 110 valence electrons. The molecular formula is C19H17NO2.